The molecular formula is C17H16N4O2S2. The number of benzene rings is 1. The summed E-state index contributed by atoms with van der Waals surface area (Å²) >= 11 is 2.81. The SMILES string of the molecule is Cc1ccc(-c2csc3ncnc(SC(C)C(=O)NC(N)=O)c23)cc1. The zero-order valence-corrected chi connectivity index (χ0v) is 15.3. The van der Waals surface area contributed by atoms with Crippen molar-refractivity contribution in [1.29, 1.82) is 0 Å². The van der Waals surface area contributed by atoms with Gasteiger partial charge >= 0.3 is 6.03 Å². The Morgan fingerprint density at radius 1 is 1.24 bits per heavy atom. The van der Waals surface area contributed by atoms with E-state index in [2.05, 4.69) is 39.6 Å². The van der Waals surface area contributed by atoms with E-state index in [0.717, 1.165) is 21.3 Å². The Morgan fingerprint density at radius 2 is 1.96 bits per heavy atom. The molecule has 25 heavy (non-hydrogen) atoms. The molecule has 2 heterocycles. The molecule has 1 aromatic carbocycles. The smallest absolute Gasteiger partial charge is 0.318 e. The summed E-state index contributed by atoms with van der Waals surface area (Å²) in [5, 5.41) is 5.24. The van der Waals surface area contributed by atoms with E-state index in [0.29, 0.717) is 5.03 Å². The lowest BCUT2D eigenvalue weighted by Gasteiger charge is -2.11. The predicted molar refractivity (Wildman–Crippen MR) is 101 cm³/mol. The first-order valence-electron chi connectivity index (χ1n) is 7.52. The van der Waals surface area contributed by atoms with E-state index >= 15 is 0 Å². The standard InChI is InChI=1S/C17H16N4O2S2/c1-9-3-5-11(6-4-9)12-7-24-15-13(12)16(20-8-19-15)25-10(2)14(22)21-17(18)23/h3-8,10H,1-2H3,(H3,18,21,22,23). The summed E-state index contributed by atoms with van der Waals surface area (Å²) in [6, 6.07) is 7.36. The maximum Gasteiger partial charge on any atom is 0.318 e. The molecule has 0 bridgehead atoms. The molecule has 6 nitrogen and oxygen atoms in total. The molecule has 0 aliphatic carbocycles. The summed E-state index contributed by atoms with van der Waals surface area (Å²) < 4.78 is 0. The summed E-state index contributed by atoms with van der Waals surface area (Å²) in [5.41, 5.74) is 8.30. The van der Waals surface area contributed by atoms with Crippen LogP contribution < -0.4 is 11.1 Å². The number of fused-ring (bicyclic) bond motifs is 1. The number of rotatable bonds is 4. The van der Waals surface area contributed by atoms with Crippen molar-refractivity contribution in [3.63, 3.8) is 0 Å². The van der Waals surface area contributed by atoms with Gasteiger partial charge in [-0.15, -0.1) is 11.3 Å². The van der Waals surface area contributed by atoms with Crippen molar-refractivity contribution in [3.05, 3.63) is 41.5 Å². The Labute approximate surface area is 152 Å². The number of imide groups is 1. The predicted octanol–water partition coefficient (Wildman–Crippen LogP) is 3.34. The van der Waals surface area contributed by atoms with E-state index in [9.17, 15) is 9.59 Å². The Hall–Kier alpha value is -2.45. The Kier molecular flexibility index (Phi) is 5.00. The summed E-state index contributed by atoms with van der Waals surface area (Å²) in [5.74, 6) is -0.448. The van der Waals surface area contributed by atoms with E-state index in [-0.39, 0.29) is 0 Å². The molecule has 0 saturated carbocycles. The van der Waals surface area contributed by atoms with Crippen molar-refractivity contribution in [2.24, 2.45) is 5.73 Å². The second kappa shape index (κ2) is 7.20. The van der Waals surface area contributed by atoms with Gasteiger partial charge in [0.05, 0.1) is 10.6 Å². The van der Waals surface area contributed by atoms with Crippen molar-refractivity contribution in [2.75, 3.05) is 0 Å². The topological polar surface area (TPSA) is 98.0 Å². The van der Waals surface area contributed by atoms with Gasteiger partial charge < -0.3 is 5.73 Å². The van der Waals surface area contributed by atoms with Crippen molar-refractivity contribution in [1.82, 2.24) is 15.3 Å². The third-order valence-electron chi connectivity index (χ3n) is 3.60. The largest absolute Gasteiger partial charge is 0.351 e. The zero-order valence-electron chi connectivity index (χ0n) is 13.6. The molecule has 3 aromatic rings. The summed E-state index contributed by atoms with van der Waals surface area (Å²) in [6.45, 7) is 3.74. The van der Waals surface area contributed by atoms with Crippen LogP contribution in [0, 0.1) is 6.92 Å². The summed E-state index contributed by atoms with van der Waals surface area (Å²) in [7, 11) is 0. The van der Waals surface area contributed by atoms with Gasteiger partial charge in [-0.2, -0.15) is 0 Å². The number of carbonyl (C=O) groups is 2. The van der Waals surface area contributed by atoms with E-state index in [4.69, 9.17) is 5.73 Å². The molecule has 0 aliphatic rings. The number of hydrogen-bond acceptors (Lipinski definition) is 6. The third-order valence-corrected chi connectivity index (χ3v) is 5.59. The number of primary amides is 1. The van der Waals surface area contributed by atoms with Crippen LogP contribution in [0.4, 0.5) is 4.79 Å². The lowest BCUT2D eigenvalue weighted by molar-refractivity contribution is -0.119. The number of hydrogen-bond donors (Lipinski definition) is 2. The molecule has 1 atom stereocenters. The minimum atomic E-state index is -0.860. The second-order valence-corrected chi connectivity index (χ2v) is 7.68. The zero-order chi connectivity index (χ0) is 18.0. The first kappa shape index (κ1) is 17.4. The molecule has 0 saturated heterocycles. The molecule has 3 amide bonds. The highest BCUT2D eigenvalue weighted by molar-refractivity contribution is 8.00. The van der Waals surface area contributed by atoms with E-state index < -0.39 is 17.2 Å². The van der Waals surface area contributed by atoms with E-state index in [1.807, 2.05) is 12.3 Å². The molecule has 8 heteroatoms. The average Bonchev–Trinajstić information content (AvgIpc) is 3.00. The van der Waals surface area contributed by atoms with E-state index in [1.54, 1.807) is 6.92 Å². The van der Waals surface area contributed by atoms with Gasteiger partial charge in [0.1, 0.15) is 16.2 Å². The van der Waals surface area contributed by atoms with Gasteiger partial charge in [-0.25, -0.2) is 14.8 Å². The maximum atomic E-state index is 12.0. The number of nitrogens with one attached hydrogen (secondary N) is 1. The van der Waals surface area contributed by atoms with Crippen LogP contribution in [-0.4, -0.2) is 27.2 Å². The summed E-state index contributed by atoms with van der Waals surface area (Å²) in [4.78, 5) is 32.3. The first-order valence-corrected chi connectivity index (χ1v) is 9.28. The quantitative estimate of drug-likeness (QED) is 0.541. The number of aromatic nitrogens is 2. The van der Waals surface area contributed by atoms with Gasteiger partial charge in [0.25, 0.3) is 0 Å². The van der Waals surface area contributed by atoms with Crippen molar-refractivity contribution < 1.29 is 9.59 Å². The van der Waals surface area contributed by atoms with Crippen molar-refractivity contribution >= 4 is 45.3 Å². The fourth-order valence-electron chi connectivity index (χ4n) is 2.33. The van der Waals surface area contributed by atoms with E-state index in [1.165, 1.54) is 35.0 Å². The van der Waals surface area contributed by atoms with Crippen LogP contribution in [0.25, 0.3) is 21.3 Å². The Morgan fingerprint density at radius 3 is 2.64 bits per heavy atom. The minimum absolute atomic E-state index is 0.448. The molecular weight excluding hydrogens is 356 g/mol. The van der Waals surface area contributed by atoms with Crippen LogP contribution in [0.5, 0.6) is 0 Å². The van der Waals surface area contributed by atoms with Crippen LogP contribution in [-0.2, 0) is 4.79 Å². The number of nitrogens with zero attached hydrogens (tertiary/aromatic N) is 2. The fraction of sp³-hybridized carbons (Fsp3) is 0.176. The number of thioether (sulfide) groups is 1. The van der Waals surface area contributed by atoms with Crippen LogP contribution in [0.3, 0.4) is 0 Å². The lowest BCUT2D eigenvalue weighted by atomic mass is 10.1. The molecule has 1 unspecified atom stereocenters. The number of amides is 3. The molecule has 3 N–H and O–H groups in total. The minimum Gasteiger partial charge on any atom is -0.351 e. The number of urea groups is 1. The molecule has 0 radical (unpaired) electrons. The Bertz CT molecular complexity index is 937. The van der Waals surface area contributed by atoms with Crippen LogP contribution in [0.1, 0.15) is 12.5 Å². The lowest BCUT2D eigenvalue weighted by Crippen LogP contribution is -2.39. The second-order valence-electron chi connectivity index (χ2n) is 5.49. The highest BCUT2D eigenvalue weighted by Gasteiger charge is 2.20. The normalized spacial score (nSPS) is 12.1. The van der Waals surface area contributed by atoms with Gasteiger partial charge in [-0.3, -0.25) is 10.1 Å². The monoisotopic (exact) mass is 372 g/mol. The number of carbonyl (C=O) groups excluding carboxylic acids is 2. The molecule has 2 aromatic heterocycles. The fourth-order valence-corrected chi connectivity index (χ4v) is 4.24. The molecule has 3 rings (SSSR count). The van der Waals surface area contributed by atoms with Gasteiger partial charge in [0.2, 0.25) is 5.91 Å². The molecule has 0 spiro atoms. The van der Waals surface area contributed by atoms with Gasteiger partial charge in [0.15, 0.2) is 0 Å². The van der Waals surface area contributed by atoms with Gasteiger partial charge in [0, 0.05) is 10.9 Å². The number of thiophene rings is 1. The first-order chi connectivity index (χ1) is 12.0. The van der Waals surface area contributed by atoms with Gasteiger partial charge in [-0.05, 0) is 19.4 Å². The maximum absolute atomic E-state index is 12.0. The van der Waals surface area contributed by atoms with Crippen LogP contribution in [0.2, 0.25) is 0 Å². The molecule has 0 aliphatic heterocycles. The Balaban J connectivity index is 1.98. The van der Waals surface area contributed by atoms with Crippen molar-refractivity contribution in [3.8, 4) is 11.1 Å². The highest BCUT2D eigenvalue weighted by atomic mass is 32.2. The molecule has 0 fully saturated rings. The van der Waals surface area contributed by atoms with Gasteiger partial charge in [-0.1, -0.05) is 41.6 Å². The van der Waals surface area contributed by atoms with Crippen LogP contribution in [0.15, 0.2) is 41.0 Å². The van der Waals surface area contributed by atoms with Crippen LogP contribution >= 0.6 is 23.1 Å². The third kappa shape index (κ3) is 3.80. The average molecular weight is 372 g/mol. The van der Waals surface area contributed by atoms with Crippen molar-refractivity contribution in [2.45, 2.75) is 24.1 Å². The number of aryl methyl sites for hydroxylation is 1. The number of nitrogens with two attached hydrogens (primary N) is 1. The molecule has 128 valence electrons. The highest BCUT2D eigenvalue weighted by Crippen LogP contribution is 2.38. The summed E-state index contributed by atoms with van der Waals surface area (Å²) in [6.07, 6.45) is 1.48.